The van der Waals surface area contributed by atoms with Crippen LogP contribution in [0.1, 0.15) is 76.3 Å². The summed E-state index contributed by atoms with van der Waals surface area (Å²) in [6, 6.07) is 23.5. The lowest BCUT2D eigenvalue weighted by Gasteiger charge is -2.48. The Labute approximate surface area is 211 Å². The summed E-state index contributed by atoms with van der Waals surface area (Å²) < 4.78 is 13.4. The minimum absolute atomic E-state index is 0.186. The predicted molar refractivity (Wildman–Crippen MR) is 146 cm³/mol. The molecule has 35 heavy (non-hydrogen) atoms. The summed E-state index contributed by atoms with van der Waals surface area (Å²) in [6.45, 7) is 11.1. The van der Waals surface area contributed by atoms with Gasteiger partial charge in [0.25, 0.3) is 0 Å². The third-order valence-electron chi connectivity index (χ3n) is 7.86. The van der Waals surface area contributed by atoms with Crippen molar-refractivity contribution in [2.24, 2.45) is 5.92 Å². The summed E-state index contributed by atoms with van der Waals surface area (Å²) in [5.74, 6) is 3.69. The van der Waals surface area contributed by atoms with Gasteiger partial charge in [-0.25, -0.2) is 0 Å². The van der Waals surface area contributed by atoms with E-state index in [2.05, 4.69) is 88.0 Å². The van der Waals surface area contributed by atoms with E-state index >= 15 is 0 Å². The summed E-state index contributed by atoms with van der Waals surface area (Å²) in [5.41, 5.74) is 6.11. The van der Waals surface area contributed by atoms with E-state index in [-0.39, 0.29) is 5.60 Å². The highest BCUT2D eigenvalue weighted by molar-refractivity contribution is 5.64. The number of unbranched alkanes of at least 4 members (excludes halogenated alkanes) is 2. The van der Waals surface area contributed by atoms with Gasteiger partial charge < -0.3 is 9.47 Å². The van der Waals surface area contributed by atoms with Crippen LogP contribution in [-0.2, 0) is 6.42 Å². The Hall–Kier alpha value is -3.00. The fourth-order valence-electron chi connectivity index (χ4n) is 6.00. The minimum atomic E-state index is -0.186. The van der Waals surface area contributed by atoms with Crippen LogP contribution in [0.5, 0.6) is 17.2 Å². The molecule has 1 saturated carbocycles. The molecule has 3 aromatic rings. The molecule has 0 radical (unpaired) electrons. The molecule has 2 nitrogen and oxygen atoms in total. The minimum Gasteiger partial charge on any atom is -0.487 e. The molecule has 2 atom stereocenters. The second-order valence-corrected chi connectivity index (χ2v) is 10.9. The number of aryl methyl sites for hydroxylation is 1. The smallest absolute Gasteiger partial charge is 0.134 e. The maximum atomic E-state index is 6.72. The monoisotopic (exact) mass is 466 g/mol. The fourth-order valence-corrected chi connectivity index (χ4v) is 6.00. The van der Waals surface area contributed by atoms with E-state index in [1.54, 1.807) is 0 Å². The van der Waals surface area contributed by atoms with Crippen LogP contribution in [0.3, 0.4) is 0 Å². The van der Waals surface area contributed by atoms with Gasteiger partial charge in [-0.15, -0.1) is 0 Å². The second kappa shape index (κ2) is 9.93. The molecule has 0 bridgehead atoms. The molecule has 0 amide bonds. The number of hydrogen-bond acceptors (Lipinski definition) is 2. The zero-order valence-electron chi connectivity index (χ0n) is 21.5. The molecule has 0 unspecified atom stereocenters. The third-order valence-corrected chi connectivity index (χ3v) is 7.86. The van der Waals surface area contributed by atoms with Crippen LogP contribution in [0.4, 0.5) is 0 Å². The lowest BCUT2D eigenvalue weighted by Crippen LogP contribution is -2.46. The van der Waals surface area contributed by atoms with Crippen molar-refractivity contribution in [1.82, 2.24) is 0 Å². The number of benzene rings is 3. The van der Waals surface area contributed by atoms with Gasteiger partial charge in [0, 0.05) is 17.4 Å². The molecular weight excluding hydrogens is 428 g/mol. The molecule has 2 aliphatic rings. The highest BCUT2D eigenvalue weighted by Gasteiger charge is 2.46. The highest BCUT2D eigenvalue weighted by atomic mass is 16.5. The maximum absolute atomic E-state index is 6.72. The molecule has 3 aromatic carbocycles. The van der Waals surface area contributed by atoms with Crippen LogP contribution in [0.2, 0.25) is 0 Å². The Balaban J connectivity index is 1.51. The average molecular weight is 467 g/mol. The Morgan fingerprint density at radius 1 is 0.971 bits per heavy atom. The lowest BCUT2D eigenvalue weighted by molar-refractivity contribution is -0.000708. The van der Waals surface area contributed by atoms with Gasteiger partial charge in [-0.3, -0.25) is 0 Å². The predicted octanol–water partition coefficient (Wildman–Crippen LogP) is 9.49. The van der Waals surface area contributed by atoms with Gasteiger partial charge in [0.1, 0.15) is 22.8 Å². The summed E-state index contributed by atoms with van der Waals surface area (Å²) in [5, 5.41) is 0. The maximum Gasteiger partial charge on any atom is 0.134 e. The van der Waals surface area contributed by atoms with Gasteiger partial charge in [0.05, 0.1) is 0 Å². The van der Waals surface area contributed by atoms with E-state index in [0.717, 1.165) is 42.9 Å². The van der Waals surface area contributed by atoms with Crippen molar-refractivity contribution in [2.45, 2.75) is 77.2 Å². The zero-order chi connectivity index (χ0) is 24.4. The largest absolute Gasteiger partial charge is 0.487 e. The van der Waals surface area contributed by atoms with Crippen molar-refractivity contribution in [3.63, 3.8) is 0 Å². The van der Waals surface area contributed by atoms with Crippen LogP contribution in [0.15, 0.2) is 78.9 Å². The SMILES string of the molecule is C=C1CC[C@@H]2[C@@H](C1)c1c(Oc3ccc(-c4ccccc4)cc3)cc(CCCCC)cc1OC2(C)C. The topological polar surface area (TPSA) is 18.5 Å². The quantitative estimate of drug-likeness (QED) is 0.255. The Morgan fingerprint density at radius 3 is 2.46 bits per heavy atom. The normalized spacial score (nSPS) is 20.5. The van der Waals surface area contributed by atoms with Crippen LogP contribution in [0.25, 0.3) is 11.1 Å². The number of rotatable bonds is 7. The molecule has 0 aromatic heterocycles. The van der Waals surface area contributed by atoms with Crippen molar-refractivity contribution in [3.8, 4) is 28.4 Å². The first-order valence-electron chi connectivity index (χ1n) is 13.3. The van der Waals surface area contributed by atoms with Gasteiger partial charge in [0.2, 0.25) is 0 Å². The molecule has 0 N–H and O–H groups in total. The van der Waals surface area contributed by atoms with Crippen molar-refractivity contribution >= 4 is 0 Å². The molecule has 1 fully saturated rings. The summed E-state index contributed by atoms with van der Waals surface area (Å²) >= 11 is 0. The number of hydrogen-bond donors (Lipinski definition) is 0. The molecule has 2 heteroatoms. The van der Waals surface area contributed by atoms with Gasteiger partial charge >= 0.3 is 0 Å². The molecule has 0 saturated heterocycles. The Morgan fingerprint density at radius 2 is 1.71 bits per heavy atom. The molecule has 5 rings (SSSR count). The first-order valence-corrected chi connectivity index (χ1v) is 13.3. The Kier molecular flexibility index (Phi) is 6.73. The molecule has 1 heterocycles. The number of ether oxygens (including phenoxy) is 2. The van der Waals surface area contributed by atoms with Gasteiger partial charge in [0.15, 0.2) is 0 Å². The molecule has 182 valence electrons. The van der Waals surface area contributed by atoms with Gasteiger partial charge in [-0.05, 0) is 86.9 Å². The Bertz CT molecular complexity index is 1170. The van der Waals surface area contributed by atoms with Crippen LogP contribution >= 0.6 is 0 Å². The van der Waals surface area contributed by atoms with Crippen LogP contribution < -0.4 is 9.47 Å². The van der Waals surface area contributed by atoms with E-state index in [1.165, 1.54) is 47.1 Å². The second-order valence-electron chi connectivity index (χ2n) is 10.9. The third kappa shape index (κ3) is 5.03. The van der Waals surface area contributed by atoms with E-state index in [9.17, 15) is 0 Å². The molecule has 1 aliphatic heterocycles. The summed E-state index contributed by atoms with van der Waals surface area (Å²) in [7, 11) is 0. The van der Waals surface area contributed by atoms with Crippen molar-refractivity contribution in [1.29, 1.82) is 0 Å². The first kappa shape index (κ1) is 23.7. The number of fused-ring (bicyclic) bond motifs is 3. The van der Waals surface area contributed by atoms with Crippen molar-refractivity contribution in [3.05, 3.63) is 90.0 Å². The highest BCUT2D eigenvalue weighted by Crippen LogP contribution is 2.56. The molecule has 0 spiro atoms. The van der Waals surface area contributed by atoms with Crippen LogP contribution in [0, 0.1) is 5.92 Å². The molecular formula is C33H38O2. The van der Waals surface area contributed by atoms with Gasteiger partial charge in [-0.2, -0.15) is 0 Å². The van der Waals surface area contributed by atoms with Crippen molar-refractivity contribution < 1.29 is 9.47 Å². The van der Waals surface area contributed by atoms with Crippen LogP contribution in [-0.4, -0.2) is 5.60 Å². The van der Waals surface area contributed by atoms with E-state index < -0.39 is 0 Å². The molecule has 1 aliphatic carbocycles. The van der Waals surface area contributed by atoms with E-state index in [1.807, 2.05) is 6.07 Å². The fraction of sp³-hybridized carbons (Fsp3) is 0.394. The first-order chi connectivity index (χ1) is 16.9. The number of allylic oxidation sites excluding steroid dienone is 1. The van der Waals surface area contributed by atoms with E-state index in [4.69, 9.17) is 9.47 Å². The summed E-state index contributed by atoms with van der Waals surface area (Å²) in [4.78, 5) is 0. The van der Waals surface area contributed by atoms with E-state index in [0.29, 0.717) is 11.8 Å². The average Bonchev–Trinajstić information content (AvgIpc) is 2.84. The van der Waals surface area contributed by atoms with Gasteiger partial charge in [-0.1, -0.05) is 74.4 Å². The lowest BCUT2D eigenvalue weighted by atomic mass is 9.65. The standard InChI is InChI=1S/C33H38O2/c1-5-6-8-11-24-21-30(34-27-17-15-26(16-18-27)25-12-9-7-10-13-25)32-28-20-23(2)14-19-29(28)33(3,4)35-31(32)22-24/h7,9-10,12-13,15-18,21-22,28-29H,2,5-6,8,11,14,19-20H2,1,3-4H3/t28-,29-/m1/s1. The summed E-state index contributed by atoms with van der Waals surface area (Å²) in [6.07, 6.45) is 7.93. The van der Waals surface area contributed by atoms with Crippen molar-refractivity contribution in [2.75, 3.05) is 0 Å². The zero-order valence-corrected chi connectivity index (χ0v) is 21.5.